The molecular formula is C12H17N3O3S. The first-order chi connectivity index (χ1) is 8.90. The van der Waals surface area contributed by atoms with Crippen LogP contribution in [0, 0.1) is 11.1 Å². The minimum absolute atomic E-state index is 0.0751. The second kappa shape index (κ2) is 4.32. The number of likely N-dealkylation sites (N-methyl/N-ethyl adjacent to an activating group) is 1. The van der Waals surface area contributed by atoms with Gasteiger partial charge in [-0.05, 0) is 19.4 Å². The molecule has 19 heavy (non-hydrogen) atoms. The maximum absolute atomic E-state index is 12.7. The number of nitrogens with zero attached hydrogens (tertiary/aromatic N) is 3. The SMILES string of the molecule is CC1CC(=O)c2sc([N+]3([O-])CN(C)CC3O)nc2C1. The summed E-state index contributed by atoms with van der Waals surface area (Å²) < 4.78 is -0.851. The minimum atomic E-state index is -1.02. The van der Waals surface area contributed by atoms with Crippen LogP contribution in [-0.2, 0) is 6.42 Å². The molecule has 0 amide bonds. The molecule has 0 saturated carbocycles. The fourth-order valence-corrected chi connectivity index (χ4v) is 3.89. The number of thiazole rings is 1. The molecule has 0 bridgehead atoms. The summed E-state index contributed by atoms with van der Waals surface area (Å²) in [6.07, 6.45) is 0.240. The Morgan fingerprint density at radius 2 is 2.26 bits per heavy atom. The number of hydroxylamine groups is 2. The lowest BCUT2D eigenvalue weighted by molar-refractivity contribution is 0.0847. The van der Waals surface area contributed by atoms with Gasteiger partial charge in [0.25, 0.3) is 5.13 Å². The summed E-state index contributed by atoms with van der Waals surface area (Å²) in [7, 11) is 1.79. The van der Waals surface area contributed by atoms with Crippen LogP contribution in [0.1, 0.15) is 28.7 Å². The number of rotatable bonds is 1. The average Bonchev–Trinajstić information content (AvgIpc) is 2.82. The second-order valence-electron chi connectivity index (χ2n) is 5.67. The maximum atomic E-state index is 12.7. The van der Waals surface area contributed by atoms with E-state index in [0.717, 1.165) is 23.5 Å². The summed E-state index contributed by atoms with van der Waals surface area (Å²) in [6.45, 7) is 2.52. The zero-order valence-electron chi connectivity index (χ0n) is 11.0. The summed E-state index contributed by atoms with van der Waals surface area (Å²) in [6, 6.07) is 0. The van der Waals surface area contributed by atoms with Gasteiger partial charge >= 0.3 is 0 Å². The van der Waals surface area contributed by atoms with Crippen molar-refractivity contribution in [1.82, 2.24) is 14.5 Å². The van der Waals surface area contributed by atoms with Gasteiger partial charge in [-0.15, -0.1) is 0 Å². The third kappa shape index (κ3) is 2.02. The van der Waals surface area contributed by atoms with Crippen LogP contribution >= 0.6 is 11.3 Å². The smallest absolute Gasteiger partial charge is 0.290 e. The molecule has 0 aromatic carbocycles. The lowest BCUT2D eigenvalue weighted by Gasteiger charge is -2.36. The van der Waals surface area contributed by atoms with Gasteiger partial charge in [0.05, 0.1) is 17.1 Å². The molecule has 1 aliphatic heterocycles. The monoisotopic (exact) mass is 283 g/mol. The van der Waals surface area contributed by atoms with Crippen molar-refractivity contribution in [1.29, 1.82) is 0 Å². The molecule has 1 aliphatic carbocycles. The summed E-state index contributed by atoms with van der Waals surface area (Å²) in [4.78, 5) is 18.7. The standard InChI is InChI=1S/C12H17N3O3S/c1-7-3-8-11(9(16)4-7)19-12(13-8)15(18)6-14(2)5-10(15)17/h7,10,17H,3-6H2,1-2H3. The molecule has 1 aromatic heterocycles. The van der Waals surface area contributed by atoms with Crippen molar-refractivity contribution in [3.8, 4) is 0 Å². The Morgan fingerprint density at radius 3 is 2.89 bits per heavy atom. The molecule has 3 rings (SSSR count). The molecule has 3 atom stereocenters. The summed E-state index contributed by atoms with van der Waals surface area (Å²) in [5.41, 5.74) is 0.735. The Bertz CT molecular complexity index is 532. The number of carbonyl (C=O) groups excluding carboxylic acids is 1. The highest BCUT2D eigenvalue weighted by Crippen LogP contribution is 2.38. The third-order valence-corrected chi connectivity index (χ3v) is 5.00. The van der Waals surface area contributed by atoms with Gasteiger partial charge in [-0.2, -0.15) is 4.98 Å². The molecule has 7 heteroatoms. The largest absolute Gasteiger partial charge is 0.623 e. The van der Waals surface area contributed by atoms with E-state index >= 15 is 0 Å². The lowest BCUT2D eigenvalue weighted by atomic mass is 9.92. The molecule has 2 heterocycles. The van der Waals surface area contributed by atoms with Gasteiger partial charge in [-0.25, -0.2) is 0 Å². The fraction of sp³-hybridized carbons (Fsp3) is 0.667. The number of quaternary nitrogens is 1. The Kier molecular flexibility index (Phi) is 2.99. The zero-order valence-corrected chi connectivity index (χ0v) is 11.8. The van der Waals surface area contributed by atoms with E-state index in [1.165, 1.54) is 0 Å². The molecule has 6 nitrogen and oxygen atoms in total. The number of carbonyl (C=O) groups is 1. The first-order valence-corrected chi connectivity index (χ1v) is 7.20. The Hall–Kier alpha value is -0.860. The first-order valence-electron chi connectivity index (χ1n) is 6.39. The predicted octanol–water partition coefficient (Wildman–Crippen LogP) is 0.934. The van der Waals surface area contributed by atoms with E-state index in [-0.39, 0.29) is 18.4 Å². The highest BCUT2D eigenvalue weighted by molar-refractivity contribution is 7.17. The van der Waals surface area contributed by atoms with Crippen molar-refractivity contribution in [3.05, 3.63) is 15.8 Å². The second-order valence-corrected chi connectivity index (χ2v) is 6.64. The molecule has 1 saturated heterocycles. The quantitative estimate of drug-likeness (QED) is 0.613. The molecule has 3 unspecified atom stereocenters. The summed E-state index contributed by atoms with van der Waals surface area (Å²) >= 11 is 1.16. The maximum Gasteiger partial charge on any atom is 0.290 e. The summed E-state index contributed by atoms with van der Waals surface area (Å²) in [5.74, 6) is 0.354. The van der Waals surface area contributed by atoms with Crippen LogP contribution in [0.15, 0.2) is 0 Å². The topological polar surface area (TPSA) is 76.5 Å². The van der Waals surface area contributed by atoms with Crippen molar-refractivity contribution >= 4 is 22.3 Å². The average molecular weight is 283 g/mol. The molecule has 0 radical (unpaired) electrons. The van der Waals surface area contributed by atoms with Crippen molar-refractivity contribution in [2.75, 3.05) is 20.3 Å². The number of aromatic nitrogens is 1. The number of aliphatic hydroxyl groups excluding tert-OH is 1. The van der Waals surface area contributed by atoms with E-state index in [1.807, 2.05) is 6.92 Å². The van der Waals surface area contributed by atoms with E-state index in [1.54, 1.807) is 11.9 Å². The van der Waals surface area contributed by atoms with Gasteiger partial charge in [0.1, 0.15) is 6.67 Å². The number of β-amino-alcohol motifs (C(OH)–C–C–N with tert-alkyl or cyclic N) is 1. The molecule has 104 valence electrons. The van der Waals surface area contributed by atoms with Crippen LogP contribution < -0.4 is 4.65 Å². The van der Waals surface area contributed by atoms with Crippen LogP contribution in [0.5, 0.6) is 0 Å². The van der Waals surface area contributed by atoms with E-state index in [2.05, 4.69) is 4.98 Å². The third-order valence-electron chi connectivity index (χ3n) is 3.75. The van der Waals surface area contributed by atoms with Gasteiger partial charge < -0.3 is 10.3 Å². The van der Waals surface area contributed by atoms with E-state index in [0.29, 0.717) is 23.0 Å². The van der Waals surface area contributed by atoms with E-state index in [4.69, 9.17) is 0 Å². The number of hydrogen-bond acceptors (Lipinski definition) is 6. The van der Waals surface area contributed by atoms with Gasteiger partial charge in [-0.3, -0.25) is 14.3 Å². The van der Waals surface area contributed by atoms with Crippen molar-refractivity contribution < 1.29 is 9.90 Å². The van der Waals surface area contributed by atoms with E-state index < -0.39 is 10.9 Å². The Labute approximate surface area is 115 Å². The van der Waals surface area contributed by atoms with Crippen molar-refractivity contribution in [2.45, 2.75) is 26.0 Å². The molecule has 1 aromatic rings. The zero-order chi connectivity index (χ0) is 13.8. The van der Waals surface area contributed by atoms with Crippen LogP contribution in [0.25, 0.3) is 0 Å². The molecule has 0 spiro atoms. The lowest BCUT2D eigenvalue weighted by Crippen LogP contribution is -2.48. The summed E-state index contributed by atoms with van der Waals surface area (Å²) in [5, 5.41) is 23.0. The van der Waals surface area contributed by atoms with Crippen LogP contribution in [0.3, 0.4) is 0 Å². The van der Waals surface area contributed by atoms with Gasteiger partial charge in [-0.1, -0.05) is 18.3 Å². The number of aliphatic hydroxyl groups is 1. The molecular weight excluding hydrogens is 266 g/mol. The van der Waals surface area contributed by atoms with Gasteiger partial charge in [0.2, 0.25) is 6.23 Å². The van der Waals surface area contributed by atoms with Crippen LogP contribution in [-0.4, -0.2) is 47.3 Å². The van der Waals surface area contributed by atoms with Gasteiger partial charge in [0.15, 0.2) is 5.78 Å². The number of Topliss-reactive ketones (excluding diaryl/α,β-unsaturated/α-hetero) is 1. The minimum Gasteiger partial charge on any atom is -0.623 e. The molecule has 1 fully saturated rings. The number of fused-ring (bicyclic) bond motifs is 1. The number of ketones is 1. The predicted molar refractivity (Wildman–Crippen MR) is 72.6 cm³/mol. The van der Waals surface area contributed by atoms with Gasteiger partial charge in [0, 0.05) is 6.42 Å². The normalized spacial score (nSPS) is 35.7. The van der Waals surface area contributed by atoms with Crippen LogP contribution in [0.2, 0.25) is 0 Å². The molecule has 1 N–H and O–H groups in total. The van der Waals surface area contributed by atoms with E-state index in [9.17, 15) is 15.1 Å². The van der Waals surface area contributed by atoms with Crippen molar-refractivity contribution in [2.24, 2.45) is 5.92 Å². The first kappa shape index (κ1) is 13.1. The van der Waals surface area contributed by atoms with Crippen molar-refractivity contribution in [3.63, 3.8) is 0 Å². The molecule has 2 aliphatic rings. The Balaban J connectivity index is 1.99. The Morgan fingerprint density at radius 1 is 1.53 bits per heavy atom. The highest BCUT2D eigenvalue weighted by Gasteiger charge is 2.42. The van der Waals surface area contributed by atoms with Crippen LogP contribution in [0.4, 0.5) is 5.13 Å². The highest BCUT2D eigenvalue weighted by atomic mass is 32.1. The number of hydrogen-bond donors (Lipinski definition) is 1. The fourth-order valence-electron chi connectivity index (χ4n) is 2.78.